The maximum atomic E-state index is 12.8. The van der Waals surface area contributed by atoms with Gasteiger partial charge in [-0.1, -0.05) is 30.3 Å². The van der Waals surface area contributed by atoms with E-state index in [0.29, 0.717) is 28.7 Å². The van der Waals surface area contributed by atoms with Crippen LogP contribution in [0, 0.1) is 17.0 Å². The van der Waals surface area contributed by atoms with Crippen LogP contribution in [0.5, 0.6) is 0 Å². The molecule has 0 radical (unpaired) electrons. The average molecular weight is 528 g/mol. The number of carbonyl (C=O) groups excluding carboxylic acids is 1. The van der Waals surface area contributed by atoms with Crippen molar-refractivity contribution >= 4 is 34.6 Å². The summed E-state index contributed by atoms with van der Waals surface area (Å²) in [4.78, 5) is 30.0. The average Bonchev–Trinajstić information content (AvgIpc) is 3.52. The highest BCUT2D eigenvalue weighted by Gasteiger charge is 2.41. The number of furan rings is 1. The molecule has 192 valence electrons. The van der Waals surface area contributed by atoms with Crippen molar-refractivity contribution in [1.82, 2.24) is 15.2 Å². The Labute approximate surface area is 224 Å². The molecule has 2 atom stereocenters. The first-order valence-corrected chi connectivity index (χ1v) is 12.5. The Kier molecular flexibility index (Phi) is 7.14. The van der Waals surface area contributed by atoms with Gasteiger partial charge < -0.3 is 20.0 Å². The van der Waals surface area contributed by atoms with Gasteiger partial charge in [0.05, 0.1) is 16.7 Å². The zero-order valence-electron chi connectivity index (χ0n) is 20.5. The van der Waals surface area contributed by atoms with Crippen LogP contribution in [0.25, 0.3) is 11.3 Å². The highest BCUT2D eigenvalue weighted by atomic mass is 32.1. The smallest absolute Gasteiger partial charge is 0.270 e. The number of hydrogen-bond donors (Lipinski definition) is 2. The van der Waals surface area contributed by atoms with Crippen LogP contribution < -0.4 is 10.6 Å². The van der Waals surface area contributed by atoms with Gasteiger partial charge in [0.15, 0.2) is 5.11 Å². The van der Waals surface area contributed by atoms with Crippen LogP contribution in [0.2, 0.25) is 0 Å². The van der Waals surface area contributed by atoms with Crippen molar-refractivity contribution in [3.63, 3.8) is 0 Å². The molecular weight excluding hydrogens is 502 g/mol. The second-order valence-corrected chi connectivity index (χ2v) is 9.38. The molecule has 0 unspecified atom stereocenters. The number of carbonyl (C=O) groups is 1. The van der Waals surface area contributed by atoms with Gasteiger partial charge in [0.25, 0.3) is 5.69 Å². The molecule has 5 rings (SSSR count). The molecule has 2 aromatic heterocycles. The third kappa shape index (κ3) is 5.40. The van der Waals surface area contributed by atoms with Crippen molar-refractivity contribution < 1.29 is 14.1 Å². The zero-order valence-corrected chi connectivity index (χ0v) is 21.4. The largest absolute Gasteiger partial charge is 0.459 e. The molecule has 10 heteroatoms. The number of nitrogens with one attached hydrogen (secondary N) is 2. The Balaban J connectivity index is 1.41. The Hall–Kier alpha value is -4.57. The molecule has 1 saturated heterocycles. The number of pyridine rings is 1. The minimum atomic E-state index is -0.437. The van der Waals surface area contributed by atoms with Gasteiger partial charge in [-0.25, -0.2) is 0 Å². The van der Waals surface area contributed by atoms with E-state index in [-0.39, 0.29) is 30.1 Å². The van der Waals surface area contributed by atoms with Crippen LogP contribution in [-0.2, 0) is 4.79 Å². The van der Waals surface area contributed by atoms with Crippen molar-refractivity contribution in [1.29, 1.82) is 0 Å². The van der Waals surface area contributed by atoms with Crippen molar-refractivity contribution in [2.24, 2.45) is 0 Å². The Morgan fingerprint density at radius 2 is 1.97 bits per heavy atom. The van der Waals surface area contributed by atoms with Crippen LogP contribution in [0.4, 0.5) is 11.4 Å². The second kappa shape index (κ2) is 10.8. The summed E-state index contributed by atoms with van der Waals surface area (Å²) in [5, 5.41) is 18.0. The van der Waals surface area contributed by atoms with E-state index in [4.69, 9.17) is 16.6 Å². The lowest BCUT2D eigenvalue weighted by Crippen LogP contribution is -2.32. The van der Waals surface area contributed by atoms with E-state index in [1.54, 1.807) is 24.4 Å². The van der Waals surface area contributed by atoms with Crippen LogP contribution in [-0.4, -0.2) is 32.4 Å². The fraction of sp³-hybridized carbons (Fsp3) is 0.179. The van der Waals surface area contributed by atoms with Crippen molar-refractivity contribution in [3.8, 4) is 11.3 Å². The second-order valence-electron chi connectivity index (χ2n) is 9.00. The number of benzene rings is 2. The van der Waals surface area contributed by atoms with Crippen molar-refractivity contribution in [2.75, 3.05) is 11.9 Å². The molecule has 2 N–H and O–H groups in total. The van der Waals surface area contributed by atoms with E-state index >= 15 is 0 Å². The summed E-state index contributed by atoms with van der Waals surface area (Å²) in [7, 11) is 0. The minimum Gasteiger partial charge on any atom is -0.459 e. The molecule has 38 heavy (non-hydrogen) atoms. The summed E-state index contributed by atoms with van der Waals surface area (Å²) in [5.41, 5.74) is 3.16. The first kappa shape index (κ1) is 25.1. The summed E-state index contributed by atoms with van der Waals surface area (Å²) < 4.78 is 6.24. The molecular formula is C28H25N5O4S. The molecule has 9 nitrogen and oxygen atoms in total. The van der Waals surface area contributed by atoms with Gasteiger partial charge in [-0.15, -0.1) is 0 Å². The summed E-state index contributed by atoms with van der Waals surface area (Å²) in [6.45, 7) is 2.32. The number of nitro groups is 1. The lowest BCUT2D eigenvalue weighted by atomic mass is 10.0. The third-order valence-corrected chi connectivity index (χ3v) is 6.69. The fourth-order valence-electron chi connectivity index (χ4n) is 4.56. The highest BCUT2D eigenvalue weighted by molar-refractivity contribution is 7.80. The van der Waals surface area contributed by atoms with Gasteiger partial charge in [-0.3, -0.25) is 19.9 Å². The number of nitro benzene ring substituents is 1. The van der Waals surface area contributed by atoms with Crippen molar-refractivity contribution in [2.45, 2.75) is 25.4 Å². The van der Waals surface area contributed by atoms with Gasteiger partial charge in [-0.05, 0) is 61.1 Å². The molecule has 1 fully saturated rings. The molecule has 0 spiro atoms. The standard InChI is InChI=1S/C28H25N5O4S/c1-18-6-4-8-20(16-18)30-25(34)13-15-32-27(26(31-28(32)38)22-10-2-3-14-29-22)24-12-11-23(37-24)19-7-5-9-21(17-19)33(35)36/h2-12,14,16-17,26-27H,13,15H2,1H3,(H,30,34)(H,31,38)/t26-,27+/m1/s1. The van der Waals surface area contributed by atoms with Crippen LogP contribution in [0.15, 0.2) is 89.5 Å². The van der Waals surface area contributed by atoms with Crippen LogP contribution >= 0.6 is 12.2 Å². The van der Waals surface area contributed by atoms with Gasteiger partial charge in [0.2, 0.25) is 5.91 Å². The summed E-state index contributed by atoms with van der Waals surface area (Å²) in [6, 6.07) is 22.5. The van der Waals surface area contributed by atoms with Gasteiger partial charge in [0, 0.05) is 42.5 Å². The van der Waals surface area contributed by atoms with Gasteiger partial charge in [0.1, 0.15) is 17.6 Å². The maximum Gasteiger partial charge on any atom is 0.270 e. The normalized spacial score (nSPS) is 16.8. The Morgan fingerprint density at radius 3 is 2.74 bits per heavy atom. The first-order chi connectivity index (χ1) is 18.4. The SMILES string of the molecule is Cc1cccc(NC(=O)CCN2C(=S)N[C@H](c3ccccn3)[C@@H]2c2ccc(-c3cccc([N+](=O)[O-])c3)o2)c1. The lowest BCUT2D eigenvalue weighted by Gasteiger charge is -2.25. The molecule has 3 heterocycles. The number of anilines is 1. The van der Waals surface area contributed by atoms with Crippen molar-refractivity contribution in [3.05, 3.63) is 112 Å². The van der Waals surface area contributed by atoms with E-state index in [0.717, 1.165) is 16.9 Å². The molecule has 0 bridgehead atoms. The molecule has 2 aromatic carbocycles. The first-order valence-electron chi connectivity index (χ1n) is 12.1. The number of aryl methyl sites for hydroxylation is 1. The molecule has 1 aliphatic heterocycles. The zero-order chi connectivity index (χ0) is 26.6. The highest BCUT2D eigenvalue weighted by Crippen LogP contribution is 2.40. The number of nitrogens with zero attached hydrogens (tertiary/aromatic N) is 3. The minimum absolute atomic E-state index is 0.0169. The number of thiocarbonyl (C=S) groups is 1. The Morgan fingerprint density at radius 1 is 1.13 bits per heavy atom. The Bertz CT molecular complexity index is 1490. The molecule has 0 saturated carbocycles. The molecule has 0 aliphatic carbocycles. The number of hydrogen-bond acceptors (Lipinski definition) is 6. The lowest BCUT2D eigenvalue weighted by molar-refractivity contribution is -0.384. The number of amides is 1. The molecule has 1 amide bonds. The number of non-ortho nitro benzene ring substituents is 1. The summed E-state index contributed by atoms with van der Waals surface area (Å²) in [5.74, 6) is 0.974. The summed E-state index contributed by atoms with van der Waals surface area (Å²) >= 11 is 5.68. The van der Waals surface area contributed by atoms with E-state index in [1.165, 1.54) is 12.1 Å². The predicted molar refractivity (Wildman–Crippen MR) is 147 cm³/mol. The summed E-state index contributed by atoms with van der Waals surface area (Å²) in [6.07, 6.45) is 1.92. The van der Waals surface area contributed by atoms with E-state index < -0.39 is 4.92 Å². The van der Waals surface area contributed by atoms with Gasteiger partial charge >= 0.3 is 0 Å². The third-order valence-electron chi connectivity index (χ3n) is 6.34. The monoisotopic (exact) mass is 527 g/mol. The van der Waals surface area contributed by atoms with E-state index in [1.807, 2.05) is 60.4 Å². The predicted octanol–water partition coefficient (Wildman–Crippen LogP) is 5.56. The van der Waals surface area contributed by atoms with Crippen LogP contribution in [0.1, 0.15) is 35.5 Å². The number of aromatic nitrogens is 1. The fourth-order valence-corrected chi connectivity index (χ4v) is 4.90. The molecule has 4 aromatic rings. The topological polar surface area (TPSA) is 114 Å². The quantitative estimate of drug-likeness (QED) is 0.174. The van der Waals surface area contributed by atoms with E-state index in [2.05, 4.69) is 15.6 Å². The molecule has 1 aliphatic rings. The van der Waals surface area contributed by atoms with Gasteiger partial charge in [-0.2, -0.15) is 0 Å². The number of rotatable bonds is 8. The van der Waals surface area contributed by atoms with Crippen LogP contribution in [0.3, 0.4) is 0 Å². The maximum absolute atomic E-state index is 12.8. The van der Waals surface area contributed by atoms with E-state index in [9.17, 15) is 14.9 Å².